The highest BCUT2D eigenvalue weighted by Gasteiger charge is 2.23. The number of nitrogens with zero attached hydrogens (tertiary/aromatic N) is 2. The molecule has 1 aliphatic rings. The third-order valence-electron chi connectivity index (χ3n) is 4.11. The molecule has 0 spiro atoms. The molecule has 4 heteroatoms. The van der Waals surface area contributed by atoms with Crippen LogP contribution in [0.1, 0.15) is 19.1 Å². The van der Waals surface area contributed by atoms with Crippen LogP contribution in [0.3, 0.4) is 0 Å². The minimum atomic E-state index is 0.264. The van der Waals surface area contributed by atoms with E-state index in [1.165, 1.54) is 0 Å². The number of aromatic nitrogens is 1. The molecule has 106 valence electrons. The number of rotatable bonds is 3. The minimum absolute atomic E-state index is 0.264. The third kappa shape index (κ3) is 2.92. The van der Waals surface area contributed by atoms with Crippen molar-refractivity contribution in [3.8, 4) is 11.3 Å². The molecule has 20 heavy (non-hydrogen) atoms. The summed E-state index contributed by atoms with van der Waals surface area (Å²) in [6, 6.07) is 12.4. The summed E-state index contributed by atoms with van der Waals surface area (Å²) in [5, 5.41) is 4.15. The van der Waals surface area contributed by atoms with E-state index in [-0.39, 0.29) is 6.04 Å². The zero-order valence-corrected chi connectivity index (χ0v) is 11.8. The van der Waals surface area contributed by atoms with Crippen LogP contribution in [-0.4, -0.2) is 29.2 Å². The lowest BCUT2D eigenvalue weighted by atomic mass is 9.94. The summed E-state index contributed by atoms with van der Waals surface area (Å²) in [4.78, 5) is 2.35. The van der Waals surface area contributed by atoms with Crippen LogP contribution in [0.4, 0.5) is 0 Å². The van der Waals surface area contributed by atoms with Crippen molar-refractivity contribution in [3.63, 3.8) is 0 Å². The van der Waals surface area contributed by atoms with E-state index in [1.807, 2.05) is 36.4 Å². The molecule has 2 N–H and O–H groups in total. The van der Waals surface area contributed by atoms with Crippen LogP contribution in [0.2, 0.25) is 0 Å². The van der Waals surface area contributed by atoms with Crippen LogP contribution in [0.5, 0.6) is 0 Å². The molecule has 0 bridgehead atoms. The number of piperidine rings is 1. The topological polar surface area (TPSA) is 55.3 Å². The maximum atomic E-state index is 6.13. The average molecular weight is 271 g/mol. The molecule has 2 unspecified atom stereocenters. The van der Waals surface area contributed by atoms with E-state index < -0.39 is 0 Å². The standard InChI is InChI=1S/C16H21N3O/c1-12-7-8-19(11-15(12)17)10-14-9-16(18-20-14)13-5-3-2-4-6-13/h2-6,9,12,15H,7-8,10-11,17H2,1H3. The molecule has 1 aliphatic heterocycles. The van der Waals surface area contributed by atoms with Crippen LogP contribution in [0.15, 0.2) is 40.9 Å². The Morgan fingerprint density at radius 1 is 1.35 bits per heavy atom. The van der Waals surface area contributed by atoms with Gasteiger partial charge in [-0.25, -0.2) is 0 Å². The Morgan fingerprint density at radius 3 is 2.90 bits per heavy atom. The lowest BCUT2D eigenvalue weighted by Crippen LogP contribution is -2.47. The molecular formula is C16H21N3O. The van der Waals surface area contributed by atoms with Crippen molar-refractivity contribution in [1.29, 1.82) is 0 Å². The fourth-order valence-electron chi connectivity index (χ4n) is 2.67. The number of benzene rings is 1. The van der Waals surface area contributed by atoms with Crippen molar-refractivity contribution < 1.29 is 4.52 Å². The van der Waals surface area contributed by atoms with E-state index >= 15 is 0 Å². The van der Waals surface area contributed by atoms with Gasteiger partial charge in [0.15, 0.2) is 5.76 Å². The maximum Gasteiger partial charge on any atom is 0.151 e. The zero-order valence-electron chi connectivity index (χ0n) is 11.8. The van der Waals surface area contributed by atoms with Crippen LogP contribution >= 0.6 is 0 Å². The smallest absolute Gasteiger partial charge is 0.151 e. The molecule has 1 aromatic heterocycles. The fourth-order valence-corrected chi connectivity index (χ4v) is 2.67. The van der Waals surface area contributed by atoms with Gasteiger partial charge in [-0.3, -0.25) is 4.90 Å². The van der Waals surface area contributed by atoms with Gasteiger partial charge in [-0.2, -0.15) is 0 Å². The quantitative estimate of drug-likeness (QED) is 0.932. The summed E-state index contributed by atoms with van der Waals surface area (Å²) in [6.45, 7) is 5.03. The van der Waals surface area contributed by atoms with Gasteiger partial charge in [0.25, 0.3) is 0 Å². The fraction of sp³-hybridized carbons (Fsp3) is 0.438. The number of hydrogen-bond acceptors (Lipinski definition) is 4. The average Bonchev–Trinajstić information content (AvgIpc) is 2.92. The number of nitrogens with two attached hydrogens (primary N) is 1. The monoisotopic (exact) mass is 271 g/mol. The lowest BCUT2D eigenvalue weighted by Gasteiger charge is -2.34. The predicted octanol–water partition coefficient (Wildman–Crippen LogP) is 2.51. The number of likely N-dealkylation sites (tertiary alicyclic amines) is 1. The van der Waals surface area contributed by atoms with Gasteiger partial charge in [0.05, 0.1) is 6.54 Å². The Bertz CT molecular complexity index is 552. The largest absolute Gasteiger partial charge is 0.359 e. The molecule has 0 saturated carbocycles. The Labute approximate surface area is 119 Å². The van der Waals surface area contributed by atoms with Gasteiger partial charge >= 0.3 is 0 Å². The van der Waals surface area contributed by atoms with Crippen LogP contribution in [0.25, 0.3) is 11.3 Å². The molecule has 2 heterocycles. The van der Waals surface area contributed by atoms with Gasteiger partial charge in [0.2, 0.25) is 0 Å². The van der Waals surface area contributed by atoms with Gasteiger partial charge in [-0.05, 0) is 18.9 Å². The first-order chi connectivity index (χ1) is 9.72. The van der Waals surface area contributed by atoms with Crippen LogP contribution in [0, 0.1) is 5.92 Å². The van der Waals surface area contributed by atoms with Gasteiger partial charge in [0, 0.05) is 24.2 Å². The highest BCUT2D eigenvalue weighted by Crippen LogP contribution is 2.21. The summed E-state index contributed by atoms with van der Waals surface area (Å²) >= 11 is 0. The van der Waals surface area contributed by atoms with Crippen molar-refractivity contribution in [2.75, 3.05) is 13.1 Å². The van der Waals surface area contributed by atoms with Crippen molar-refractivity contribution in [1.82, 2.24) is 10.1 Å². The molecule has 4 nitrogen and oxygen atoms in total. The van der Waals surface area contributed by atoms with Crippen molar-refractivity contribution in [2.24, 2.45) is 11.7 Å². The molecule has 3 rings (SSSR count). The highest BCUT2D eigenvalue weighted by atomic mass is 16.5. The van der Waals surface area contributed by atoms with Crippen molar-refractivity contribution >= 4 is 0 Å². The molecule has 1 fully saturated rings. The maximum absolute atomic E-state index is 6.13. The first-order valence-corrected chi connectivity index (χ1v) is 7.21. The summed E-state index contributed by atoms with van der Waals surface area (Å²) in [7, 11) is 0. The molecule has 1 aromatic carbocycles. The van der Waals surface area contributed by atoms with E-state index in [2.05, 4.69) is 17.0 Å². The second kappa shape index (κ2) is 5.77. The molecular weight excluding hydrogens is 250 g/mol. The van der Waals surface area contributed by atoms with E-state index in [0.717, 1.165) is 43.1 Å². The van der Waals surface area contributed by atoms with Crippen molar-refractivity contribution in [3.05, 3.63) is 42.2 Å². The number of hydrogen-bond donors (Lipinski definition) is 1. The molecule has 2 aromatic rings. The molecule has 1 saturated heterocycles. The minimum Gasteiger partial charge on any atom is -0.359 e. The van der Waals surface area contributed by atoms with Crippen molar-refractivity contribution in [2.45, 2.75) is 25.9 Å². The zero-order chi connectivity index (χ0) is 13.9. The second-order valence-electron chi connectivity index (χ2n) is 5.71. The van der Waals surface area contributed by atoms with Gasteiger partial charge in [-0.15, -0.1) is 0 Å². The predicted molar refractivity (Wildman–Crippen MR) is 79.0 cm³/mol. The molecule has 0 radical (unpaired) electrons. The first kappa shape index (κ1) is 13.3. The normalized spacial score (nSPS) is 23.9. The van der Waals surface area contributed by atoms with E-state index in [4.69, 9.17) is 10.3 Å². The van der Waals surface area contributed by atoms with E-state index in [9.17, 15) is 0 Å². The summed E-state index contributed by atoms with van der Waals surface area (Å²) in [6.07, 6.45) is 1.15. The molecule has 0 aliphatic carbocycles. The molecule has 0 amide bonds. The highest BCUT2D eigenvalue weighted by molar-refractivity contribution is 5.58. The second-order valence-corrected chi connectivity index (χ2v) is 5.71. The van der Waals surface area contributed by atoms with Gasteiger partial charge in [0.1, 0.15) is 5.69 Å². The summed E-state index contributed by atoms with van der Waals surface area (Å²) in [5.41, 5.74) is 8.12. The Morgan fingerprint density at radius 2 is 2.15 bits per heavy atom. The Kier molecular flexibility index (Phi) is 3.85. The SMILES string of the molecule is CC1CCN(Cc2cc(-c3ccccc3)no2)CC1N. The van der Waals surface area contributed by atoms with Gasteiger partial charge < -0.3 is 10.3 Å². The summed E-state index contributed by atoms with van der Waals surface area (Å²) in [5.74, 6) is 1.52. The van der Waals surface area contributed by atoms with E-state index in [1.54, 1.807) is 0 Å². The lowest BCUT2D eigenvalue weighted by molar-refractivity contribution is 0.148. The van der Waals surface area contributed by atoms with Crippen LogP contribution in [-0.2, 0) is 6.54 Å². The summed E-state index contributed by atoms with van der Waals surface area (Å²) < 4.78 is 5.45. The van der Waals surface area contributed by atoms with E-state index in [0.29, 0.717) is 5.92 Å². The van der Waals surface area contributed by atoms with Crippen LogP contribution < -0.4 is 5.73 Å². The Hall–Kier alpha value is -1.65. The van der Waals surface area contributed by atoms with Gasteiger partial charge in [-0.1, -0.05) is 42.4 Å². The third-order valence-corrected chi connectivity index (χ3v) is 4.11. The molecule has 2 atom stereocenters. The first-order valence-electron chi connectivity index (χ1n) is 7.21. The Balaban J connectivity index is 1.66.